The topological polar surface area (TPSA) is 113 Å². The number of aliphatic hydroxyl groups excluding tert-OH is 1. The molecule has 192 valence electrons. The first kappa shape index (κ1) is 25.4. The Morgan fingerprint density at radius 3 is 2.69 bits per heavy atom. The third-order valence-electron chi connectivity index (χ3n) is 6.94. The van der Waals surface area contributed by atoms with Crippen LogP contribution < -0.4 is 20.3 Å². The van der Waals surface area contributed by atoms with Gasteiger partial charge in [0.15, 0.2) is 5.82 Å². The summed E-state index contributed by atoms with van der Waals surface area (Å²) < 4.78 is 11.5. The van der Waals surface area contributed by atoms with Gasteiger partial charge in [0.2, 0.25) is 5.91 Å². The largest absolute Gasteiger partial charge is 0.494 e. The van der Waals surface area contributed by atoms with Crippen molar-refractivity contribution in [1.29, 1.82) is 0 Å². The number of piperidine rings is 1. The Morgan fingerprint density at radius 1 is 1.29 bits per heavy atom. The quantitative estimate of drug-likeness (QED) is 0.367. The predicted octanol–water partition coefficient (Wildman–Crippen LogP) is 3.22. The molecule has 1 amide bonds. The Bertz CT molecular complexity index is 994. The molecular formula is C26H39N5O4. The fraction of sp³-hybridized carbons (Fsp3) is 0.654. The molecule has 35 heavy (non-hydrogen) atoms. The summed E-state index contributed by atoms with van der Waals surface area (Å²) >= 11 is 0. The summed E-state index contributed by atoms with van der Waals surface area (Å²) in [7, 11) is 0. The summed E-state index contributed by atoms with van der Waals surface area (Å²) in [5, 5.41) is 20.4. The number of carbonyl (C=O) groups excluding carboxylic acids is 1. The minimum Gasteiger partial charge on any atom is -0.494 e. The molecule has 3 heterocycles. The minimum absolute atomic E-state index is 0.0587. The van der Waals surface area contributed by atoms with Gasteiger partial charge in [0.05, 0.1) is 12.6 Å². The third-order valence-corrected chi connectivity index (χ3v) is 6.94. The number of rotatable bonds is 9. The molecule has 1 aromatic heterocycles. The molecule has 2 atom stereocenters. The van der Waals surface area contributed by atoms with Gasteiger partial charge in [0.25, 0.3) is 0 Å². The number of benzene rings is 1. The predicted molar refractivity (Wildman–Crippen MR) is 133 cm³/mol. The second-order valence-electron chi connectivity index (χ2n) is 10.8. The summed E-state index contributed by atoms with van der Waals surface area (Å²) in [6.45, 7) is 11.4. The van der Waals surface area contributed by atoms with Gasteiger partial charge in [-0.15, -0.1) is 0 Å². The number of nitrogens with one attached hydrogen (secondary N) is 2. The van der Waals surface area contributed by atoms with Gasteiger partial charge in [0, 0.05) is 25.0 Å². The number of hydrogen-bond acceptors (Lipinski definition) is 8. The molecule has 2 aliphatic rings. The second kappa shape index (κ2) is 11.0. The molecule has 2 saturated heterocycles. The molecule has 2 aromatic rings. The van der Waals surface area contributed by atoms with E-state index in [0.717, 1.165) is 61.5 Å². The van der Waals surface area contributed by atoms with Crippen LogP contribution in [0, 0.1) is 12.8 Å². The van der Waals surface area contributed by atoms with Gasteiger partial charge >= 0.3 is 6.01 Å². The molecule has 9 heteroatoms. The number of aryl methyl sites for hydroxylation is 1. The van der Waals surface area contributed by atoms with Crippen LogP contribution in [0.15, 0.2) is 22.7 Å². The Hall–Kier alpha value is -2.65. The van der Waals surface area contributed by atoms with Crippen molar-refractivity contribution in [1.82, 2.24) is 20.8 Å². The zero-order valence-electron chi connectivity index (χ0n) is 21.3. The molecule has 0 bridgehead atoms. The van der Waals surface area contributed by atoms with Crippen LogP contribution in [-0.2, 0) is 10.2 Å². The first-order chi connectivity index (χ1) is 16.7. The average Bonchev–Trinajstić information content (AvgIpc) is 3.47. The van der Waals surface area contributed by atoms with Gasteiger partial charge in [-0.3, -0.25) is 10.1 Å². The number of anilines is 1. The van der Waals surface area contributed by atoms with Crippen LogP contribution in [0.2, 0.25) is 0 Å². The van der Waals surface area contributed by atoms with Crippen LogP contribution >= 0.6 is 0 Å². The van der Waals surface area contributed by atoms with Crippen LogP contribution in [-0.4, -0.2) is 53.4 Å². The van der Waals surface area contributed by atoms with Gasteiger partial charge in [0.1, 0.15) is 12.0 Å². The fourth-order valence-electron chi connectivity index (χ4n) is 4.70. The Morgan fingerprint density at radius 2 is 2.06 bits per heavy atom. The van der Waals surface area contributed by atoms with E-state index in [1.165, 1.54) is 0 Å². The molecule has 0 saturated carbocycles. The number of aliphatic hydroxyl groups is 1. The van der Waals surface area contributed by atoms with Crippen LogP contribution in [0.5, 0.6) is 5.75 Å². The highest BCUT2D eigenvalue weighted by molar-refractivity contribution is 5.83. The molecule has 4 rings (SSSR count). The van der Waals surface area contributed by atoms with E-state index in [0.29, 0.717) is 31.5 Å². The van der Waals surface area contributed by atoms with Gasteiger partial charge in [-0.2, -0.15) is 4.98 Å². The maximum absolute atomic E-state index is 11.7. The zero-order valence-corrected chi connectivity index (χ0v) is 21.3. The van der Waals surface area contributed by atoms with Gasteiger partial charge < -0.3 is 24.6 Å². The lowest BCUT2D eigenvalue weighted by Gasteiger charge is -2.30. The van der Waals surface area contributed by atoms with Crippen molar-refractivity contribution < 1.29 is 19.2 Å². The van der Waals surface area contributed by atoms with Gasteiger partial charge in [-0.25, -0.2) is 0 Å². The van der Waals surface area contributed by atoms with Crippen molar-refractivity contribution in [2.45, 2.75) is 77.5 Å². The number of hydrogen-bond donors (Lipinski definition) is 3. The summed E-state index contributed by atoms with van der Waals surface area (Å²) in [5.74, 6) is 2.18. The van der Waals surface area contributed by atoms with Crippen molar-refractivity contribution >= 4 is 11.9 Å². The maximum atomic E-state index is 11.7. The monoisotopic (exact) mass is 485 g/mol. The molecule has 1 aromatic carbocycles. The van der Waals surface area contributed by atoms with E-state index < -0.39 is 6.23 Å². The Labute approximate surface area is 207 Å². The highest BCUT2D eigenvalue weighted by atomic mass is 16.5. The highest BCUT2D eigenvalue weighted by Gasteiger charge is 2.27. The molecule has 2 aliphatic heterocycles. The van der Waals surface area contributed by atoms with Crippen molar-refractivity contribution in [2.75, 3.05) is 31.1 Å². The first-order valence-corrected chi connectivity index (χ1v) is 12.7. The smallest absolute Gasteiger partial charge is 0.324 e. The van der Waals surface area contributed by atoms with E-state index in [1.54, 1.807) is 0 Å². The summed E-state index contributed by atoms with van der Waals surface area (Å²) in [6.07, 6.45) is 4.17. The molecule has 0 radical (unpaired) electrons. The van der Waals surface area contributed by atoms with E-state index in [1.807, 2.05) is 25.1 Å². The molecule has 3 N–H and O–H groups in total. The second-order valence-corrected chi connectivity index (χ2v) is 10.8. The highest BCUT2D eigenvalue weighted by Crippen LogP contribution is 2.28. The molecular weight excluding hydrogens is 446 g/mol. The molecule has 0 aliphatic carbocycles. The summed E-state index contributed by atoms with van der Waals surface area (Å²) in [4.78, 5) is 18.5. The lowest BCUT2D eigenvalue weighted by molar-refractivity contribution is -0.121. The number of carbonyl (C=O) groups is 1. The number of ether oxygens (including phenoxy) is 1. The SMILES string of the molecule is Cc1cc(OCCCC2CCN(c3nc(C(C)(C)C)no3)CC2)ccc1C(O)N[C@H]1CCNC1=O. The standard InChI is InChI=1S/C26H39N5O4/c1-17-16-19(7-8-20(17)22(32)28-21-9-12-27-23(21)33)34-15-5-6-18-10-13-31(14-11-18)25-29-24(30-35-25)26(2,3)4/h7-8,16,18,21-22,28,32H,5-6,9-15H2,1-4H3,(H,27,33)/t21-,22?/m0/s1. The molecule has 0 spiro atoms. The number of aromatic nitrogens is 2. The van der Waals surface area contributed by atoms with E-state index >= 15 is 0 Å². The van der Waals surface area contributed by atoms with Crippen molar-refractivity contribution in [3.05, 3.63) is 35.2 Å². The molecule has 2 fully saturated rings. The maximum Gasteiger partial charge on any atom is 0.324 e. The number of nitrogens with zero attached hydrogens (tertiary/aromatic N) is 3. The van der Waals surface area contributed by atoms with Crippen LogP contribution in [0.4, 0.5) is 6.01 Å². The van der Waals surface area contributed by atoms with Gasteiger partial charge in [-0.05, 0) is 68.2 Å². The van der Waals surface area contributed by atoms with E-state index in [-0.39, 0.29) is 17.4 Å². The van der Waals surface area contributed by atoms with Crippen molar-refractivity contribution in [3.63, 3.8) is 0 Å². The van der Waals surface area contributed by atoms with Crippen LogP contribution in [0.25, 0.3) is 0 Å². The summed E-state index contributed by atoms with van der Waals surface area (Å²) in [6, 6.07) is 6.00. The minimum atomic E-state index is -0.879. The first-order valence-electron chi connectivity index (χ1n) is 12.7. The van der Waals surface area contributed by atoms with Crippen LogP contribution in [0.1, 0.15) is 76.1 Å². The van der Waals surface area contributed by atoms with Gasteiger partial charge in [-0.1, -0.05) is 32.0 Å². The lowest BCUT2D eigenvalue weighted by atomic mass is 9.92. The van der Waals surface area contributed by atoms with E-state index in [2.05, 4.69) is 46.4 Å². The van der Waals surface area contributed by atoms with Crippen molar-refractivity contribution in [3.8, 4) is 5.75 Å². The number of amides is 1. The lowest BCUT2D eigenvalue weighted by Crippen LogP contribution is -2.38. The van der Waals surface area contributed by atoms with E-state index in [4.69, 9.17) is 9.26 Å². The van der Waals surface area contributed by atoms with E-state index in [9.17, 15) is 9.90 Å². The molecule has 9 nitrogen and oxygen atoms in total. The van der Waals surface area contributed by atoms with Crippen molar-refractivity contribution in [2.24, 2.45) is 5.92 Å². The fourth-order valence-corrected chi connectivity index (χ4v) is 4.70. The summed E-state index contributed by atoms with van der Waals surface area (Å²) in [5.41, 5.74) is 1.59. The Kier molecular flexibility index (Phi) is 7.96. The Balaban J connectivity index is 1.17. The molecule has 1 unspecified atom stereocenters. The third kappa shape index (κ3) is 6.52. The zero-order chi connectivity index (χ0) is 25.0. The van der Waals surface area contributed by atoms with Crippen LogP contribution in [0.3, 0.4) is 0 Å². The average molecular weight is 486 g/mol. The normalized spacial score (nSPS) is 20.2.